The first-order chi connectivity index (χ1) is 20.7. The molecule has 43 heavy (non-hydrogen) atoms. The highest BCUT2D eigenvalue weighted by Crippen LogP contribution is 2.37. The van der Waals surface area contributed by atoms with Gasteiger partial charge >= 0.3 is 5.76 Å². The average Bonchev–Trinajstić information content (AvgIpc) is 3.58. The zero-order valence-corrected chi connectivity index (χ0v) is 25.1. The molecule has 9 heteroatoms. The van der Waals surface area contributed by atoms with Gasteiger partial charge < -0.3 is 9.47 Å². The van der Waals surface area contributed by atoms with E-state index < -0.39 is 5.76 Å². The van der Waals surface area contributed by atoms with Gasteiger partial charge in [0.2, 0.25) is 0 Å². The van der Waals surface area contributed by atoms with E-state index in [1.807, 2.05) is 72.6 Å². The number of aldehydes is 1. The van der Waals surface area contributed by atoms with Gasteiger partial charge in [0.25, 0.3) is 6.02 Å². The van der Waals surface area contributed by atoms with Crippen molar-refractivity contribution in [2.75, 3.05) is 19.1 Å². The van der Waals surface area contributed by atoms with E-state index in [0.29, 0.717) is 36.0 Å². The number of carbonyl (C=O) groups excluding carboxylic acids is 1. The zero-order chi connectivity index (χ0) is 30.6. The van der Waals surface area contributed by atoms with Crippen LogP contribution in [0.2, 0.25) is 0 Å². The summed E-state index contributed by atoms with van der Waals surface area (Å²) in [6.45, 7) is 6.22. The number of anilines is 1. The first-order valence-electron chi connectivity index (χ1n) is 14.3. The van der Waals surface area contributed by atoms with Gasteiger partial charge in [0.1, 0.15) is 17.6 Å². The molecule has 1 aliphatic heterocycles. The molecule has 0 saturated heterocycles. The predicted octanol–water partition coefficient (Wildman–Crippen LogP) is 6.34. The van der Waals surface area contributed by atoms with Crippen molar-refractivity contribution in [2.45, 2.75) is 52.1 Å². The van der Waals surface area contributed by atoms with E-state index in [0.717, 1.165) is 58.4 Å². The van der Waals surface area contributed by atoms with Crippen molar-refractivity contribution < 1.29 is 18.8 Å². The van der Waals surface area contributed by atoms with E-state index in [-0.39, 0.29) is 5.60 Å². The summed E-state index contributed by atoms with van der Waals surface area (Å²) in [5.41, 5.74) is 6.69. The monoisotopic (exact) mass is 580 g/mol. The summed E-state index contributed by atoms with van der Waals surface area (Å²) in [5, 5.41) is 3.84. The molecule has 2 heterocycles. The summed E-state index contributed by atoms with van der Waals surface area (Å²) in [5.74, 6) is 0.664. The number of methoxy groups -OCH3 is 1. The minimum absolute atomic E-state index is 0.230. The zero-order valence-electron chi connectivity index (χ0n) is 25.1. The van der Waals surface area contributed by atoms with Gasteiger partial charge in [0.05, 0.1) is 12.8 Å². The highest BCUT2D eigenvalue weighted by molar-refractivity contribution is 5.92. The van der Waals surface area contributed by atoms with Crippen LogP contribution in [0.5, 0.6) is 5.75 Å². The number of hydrogen-bond donors (Lipinski definition) is 1. The summed E-state index contributed by atoms with van der Waals surface area (Å²) < 4.78 is 16.5. The van der Waals surface area contributed by atoms with Gasteiger partial charge in [-0.1, -0.05) is 67.0 Å². The lowest BCUT2D eigenvalue weighted by Gasteiger charge is -2.21. The summed E-state index contributed by atoms with van der Waals surface area (Å²) in [6.07, 6.45) is 3.59. The predicted molar refractivity (Wildman–Crippen MR) is 167 cm³/mol. The molecule has 0 spiro atoms. The van der Waals surface area contributed by atoms with Crippen LogP contribution in [0.25, 0.3) is 22.5 Å². The first-order valence-corrected chi connectivity index (χ1v) is 14.3. The molecule has 0 atom stereocenters. The number of aromatic amines is 1. The van der Waals surface area contributed by atoms with Crippen molar-refractivity contribution in [3.05, 3.63) is 99.7 Å². The molecule has 0 saturated carbocycles. The van der Waals surface area contributed by atoms with Crippen LogP contribution in [0.1, 0.15) is 44.7 Å². The third-order valence-corrected chi connectivity index (χ3v) is 7.42. The van der Waals surface area contributed by atoms with Crippen LogP contribution < -0.4 is 15.4 Å². The number of ether oxygens (including phenoxy) is 2. The van der Waals surface area contributed by atoms with Crippen molar-refractivity contribution in [1.29, 1.82) is 0 Å². The van der Waals surface area contributed by atoms with E-state index in [9.17, 15) is 9.59 Å². The maximum absolute atomic E-state index is 12.4. The lowest BCUT2D eigenvalue weighted by Crippen LogP contribution is -2.28. The van der Waals surface area contributed by atoms with Gasteiger partial charge in [-0.15, -0.1) is 0 Å². The smallest absolute Gasteiger partial charge is 0.439 e. The van der Waals surface area contributed by atoms with Gasteiger partial charge in [-0.05, 0) is 55.2 Å². The minimum Gasteiger partial charge on any atom is -0.487 e. The number of rotatable bonds is 9. The Morgan fingerprint density at radius 1 is 1.12 bits per heavy atom. The fourth-order valence-electron chi connectivity index (χ4n) is 5.33. The highest BCUT2D eigenvalue weighted by Gasteiger charge is 2.30. The van der Waals surface area contributed by atoms with Crippen molar-refractivity contribution in [3.63, 3.8) is 0 Å². The Hall–Kier alpha value is -4.92. The number of carbonyl (C=O) groups is 1. The molecule has 222 valence electrons. The lowest BCUT2D eigenvalue weighted by molar-refractivity contribution is -0.105. The number of hydrogen-bond acceptors (Lipinski definition) is 7. The molecule has 4 aromatic rings. The van der Waals surface area contributed by atoms with Gasteiger partial charge in [0.15, 0.2) is 5.82 Å². The molecule has 9 nitrogen and oxygen atoms in total. The van der Waals surface area contributed by atoms with Crippen molar-refractivity contribution in [2.24, 2.45) is 4.99 Å². The van der Waals surface area contributed by atoms with Gasteiger partial charge in [-0.2, -0.15) is 0 Å². The summed E-state index contributed by atoms with van der Waals surface area (Å²) >= 11 is 0. The molecule has 0 amide bonds. The number of fused-ring (bicyclic) bond motifs is 1. The number of aromatic nitrogens is 2. The number of allylic oxidation sites excluding steroid dienone is 2. The normalized spacial score (nSPS) is 14.5. The molecular formula is C34H36N4O5. The molecule has 1 N–H and O–H groups in total. The van der Waals surface area contributed by atoms with E-state index in [1.54, 1.807) is 7.11 Å². The summed E-state index contributed by atoms with van der Waals surface area (Å²) in [6, 6.07) is 22.1. The molecule has 0 unspecified atom stereocenters. The Labute approximate surface area is 250 Å². The fraction of sp³-hybridized carbons (Fsp3) is 0.294. The van der Waals surface area contributed by atoms with Crippen molar-refractivity contribution in [1.82, 2.24) is 10.1 Å². The Bertz CT molecular complexity index is 1730. The van der Waals surface area contributed by atoms with Gasteiger partial charge in [0, 0.05) is 42.3 Å². The second kappa shape index (κ2) is 12.5. The van der Waals surface area contributed by atoms with Crippen LogP contribution in [0.4, 0.5) is 5.69 Å². The van der Waals surface area contributed by atoms with E-state index >= 15 is 0 Å². The standard InChI is InChI=1S/C34H36N4O5/c1-6-9-29(35-32(41-5)38(4)26-16-17-30-24(19-26)20-34(2,3)42-30)25(21-39)18-22-12-14-23(15-13-22)27-10-7-8-11-28(27)31-36-33(40)43-37-31/h7-8,10-17,19,21H,6,9,18,20H2,1-5H3,(H,36,37,40)/b29-25-,35-32+. The fourth-order valence-corrected chi connectivity index (χ4v) is 5.33. The molecule has 0 radical (unpaired) electrons. The third kappa shape index (κ3) is 6.61. The summed E-state index contributed by atoms with van der Waals surface area (Å²) in [4.78, 5) is 33.2. The number of amidine groups is 1. The van der Waals surface area contributed by atoms with Crippen molar-refractivity contribution in [3.8, 4) is 28.3 Å². The molecule has 1 aliphatic rings. The molecular weight excluding hydrogens is 544 g/mol. The van der Waals surface area contributed by atoms with Gasteiger partial charge in [-0.25, -0.2) is 9.79 Å². The van der Waals surface area contributed by atoms with Crippen LogP contribution >= 0.6 is 0 Å². The minimum atomic E-state index is -0.604. The van der Waals surface area contributed by atoms with Crippen LogP contribution in [0.3, 0.4) is 0 Å². The maximum Gasteiger partial charge on any atom is 0.439 e. The Morgan fingerprint density at radius 2 is 1.86 bits per heavy atom. The second-order valence-corrected chi connectivity index (χ2v) is 11.2. The first kappa shape index (κ1) is 29.6. The van der Waals surface area contributed by atoms with Gasteiger partial charge in [-0.3, -0.25) is 19.2 Å². The third-order valence-electron chi connectivity index (χ3n) is 7.42. The topological polar surface area (TPSA) is 110 Å². The number of nitrogens with one attached hydrogen (secondary N) is 1. The Morgan fingerprint density at radius 3 is 2.51 bits per heavy atom. The van der Waals surface area contributed by atoms with Crippen molar-refractivity contribution >= 4 is 18.0 Å². The maximum atomic E-state index is 12.4. The molecule has 0 fully saturated rings. The second-order valence-electron chi connectivity index (χ2n) is 11.2. The molecule has 3 aromatic carbocycles. The van der Waals surface area contributed by atoms with E-state index in [4.69, 9.17) is 19.0 Å². The van der Waals surface area contributed by atoms with Crippen LogP contribution in [-0.4, -0.2) is 42.2 Å². The Balaban J connectivity index is 1.41. The van der Waals surface area contributed by atoms with Crippen LogP contribution in [0, 0.1) is 0 Å². The van der Waals surface area contributed by atoms with Crippen LogP contribution in [0.15, 0.2) is 92.3 Å². The van der Waals surface area contributed by atoms with E-state index in [1.165, 1.54) is 0 Å². The Kier molecular flexibility index (Phi) is 8.61. The van der Waals surface area contributed by atoms with E-state index in [2.05, 4.69) is 37.0 Å². The van der Waals surface area contributed by atoms with Crippen LogP contribution in [-0.2, 0) is 22.4 Å². The largest absolute Gasteiger partial charge is 0.487 e. The number of H-pyrrole nitrogens is 1. The molecule has 1 aromatic heterocycles. The highest BCUT2D eigenvalue weighted by atomic mass is 16.5. The average molecular weight is 581 g/mol. The summed E-state index contributed by atoms with van der Waals surface area (Å²) in [7, 11) is 3.49. The number of benzene rings is 3. The number of nitrogens with zero attached hydrogens (tertiary/aromatic N) is 3. The molecule has 5 rings (SSSR count). The quantitative estimate of drug-likeness (QED) is 0.106. The SMILES string of the molecule is CCCC(/N=C(/OC)N(C)c1ccc2c(c1)CC(C)(C)O2)=C(/C=O)Cc1ccc(-c2ccccc2-c2noc(=O)[nH]2)cc1. The molecule has 0 aliphatic carbocycles. The molecule has 0 bridgehead atoms. The lowest BCUT2D eigenvalue weighted by atomic mass is 9.96. The number of aliphatic imine (C=N–C) groups is 1.